The molecule has 8 nitrogen and oxygen atoms in total. The summed E-state index contributed by atoms with van der Waals surface area (Å²) in [5.41, 5.74) is 4.82. The van der Waals surface area contributed by atoms with E-state index >= 15 is 0 Å². The molecule has 2 amide bonds. The fourth-order valence-electron chi connectivity index (χ4n) is 2.90. The van der Waals surface area contributed by atoms with Crippen LogP contribution in [-0.4, -0.2) is 44.7 Å². The van der Waals surface area contributed by atoms with Crippen LogP contribution in [0.1, 0.15) is 17.3 Å². The summed E-state index contributed by atoms with van der Waals surface area (Å²) < 4.78 is 31.8. The van der Waals surface area contributed by atoms with Gasteiger partial charge in [0.25, 0.3) is 11.8 Å². The molecule has 0 spiro atoms. The molecule has 0 unspecified atom stereocenters. The van der Waals surface area contributed by atoms with Gasteiger partial charge in [-0.05, 0) is 54.1 Å². The van der Waals surface area contributed by atoms with Gasteiger partial charge in [0.1, 0.15) is 5.75 Å². The van der Waals surface area contributed by atoms with E-state index in [1.807, 2.05) is 31.2 Å². The van der Waals surface area contributed by atoms with E-state index < -0.39 is 28.4 Å². The first-order valence-electron chi connectivity index (χ1n) is 9.58. The second-order valence-electron chi connectivity index (χ2n) is 6.73. The van der Waals surface area contributed by atoms with Gasteiger partial charge < -0.3 is 4.74 Å². The van der Waals surface area contributed by atoms with Crippen LogP contribution in [0.4, 0.5) is 0 Å². The molecule has 0 aliphatic heterocycles. The van der Waals surface area contributed by atoms with Crippen LogP contribution in [0.5, 0.6) is 5.75 Å². The molecule has 0 fully saturated rings. The van der Waals surface area contributed by atoms with Crippen LogP contribution >= 0.6 is 0 Å². The Morgan fingerprint density at radius 1 is 0.935 bits per heavy atom. The number of ether oxygens (including phenoxy) is 1. The van der Waals surface area contributed by atoms with Crippen LogP contribution in [0.25, 0.3) is 10.8 Å². The molecular weight excluding hydrogens is 418 g/mol. The molecule has 2 N–H and O–H groups in total. The highest BCUT2D eigenvalue weighted by Gasteiger charge is 2.23. The van der Waals surface area contributed by atoms with E-state index in [2.05, 4.69) is 10.9 Å². The third-order valence-corrected chi connectivity index (χ3v) is 6.34. The van der Waals surface area contributed by atoms with E-state index in [0.717, 1.165) is 15.1 Å². The number of nitrogens with one attached hydrogen (secondary N) is 2. The smallest absolute Gasteiger partial charge is 0.269 e. The van der Waals surface area contributed by atoms with Gasteiger partial charge in [-0.25, -0.2) is 8.42 Å². The van der Waals surface area contributed by atoms with E-state index in [1.54, 1.807) is 36.4 Å². The maximum Gasteiger partial charge on any atom is 0.269 e. The lowest BCUT2D eigenvalue weighted by Gasteiger charge is -2.17. The second-order valence-corrected chi connectivity index (χ2v) is 8.77. The molecule has 0 aliphatic carbocycles. The molecule has 0 radical (unpaired) electrons. The van der Waals surface area contributed by atoms with Gasteiger partial charge >= 0.3 is 0 Å². The molecule has 3 aromatic rings. The summed E-state index contributed by atoms with van der Waals surface area (Å²) in [4.78, 5) is 24.4. The number of carbonyl (C=O) groups excluding carboxylic acids is 2. The van der Waals surface area contributed by atoms with E-state index in [9.17, 15) is 18.0 Å². The number of fused-ring (bicyclic) bond motifs is 1. The quantitative estimate of drug-likeness (QED) is 0.548. The van der Waals surface area contributed by atoms with E-state index in [4.69, 9.17) is 4.74 Å². The molecule has 0 saturated heterocycles. The van der Waals surface area contributed by atoms with Gasteiger partial charge in [-0.1, -0.05) is 30.3 Å². The fraction of sp³-hybridized carbons (Fsp3) is 0.182. The van der Waals surface area contributed by atoms with E-state index in [0.29, 0.717) is 17.9 Å². The topological polar surface area (TPSA) is 105 Å². The predicted octanol–water partition coefficient (Wildman–Crippen LogP) is 2.32. The van der Waals surface area contributed by atoms with Crippen LogP contribution in [0.3, 0.4) is 0 Å². The van der Waals surface area contributed by atoms with Crippen LogP contribution in [0.15, 0.2) is 71.6 Å². The Kier molecular flexibility index (Phi) is 6.88. The lowest BCUT2D eigenvalue weighted by atomic mass is 10.1. The van der Waals surface area contributed by atoms with Crippen molar-refractivity contribution in [1.82, 2.24) is 15.2 Å². The number of amides is 2. The minimum Gasteiger partial charge on any atom is -0.494 e. The molecule has 0 atom stereocenters. The van der Waals surface area contributed by atoms with E-state index in [-0.39, 0.29) is 4.90 Å². The van der Waals surface area contributed by atoms with Crippen molar-refractivity contribution in [2.24, 2.45) is 0 Å². The van der Waals surface area contributed by atoms with Gasteiger partial charge in [-0.2, -0.15) is 4.31 Å². The lowest BCUT2D eigenvalue weighted by molar-refractivity contribution is -0.121. The lowest BCUT2D eigenvalue weighted by Crippen LogP contribution is -2.46. The summed E-state index contributed by atoms with van der Waals surface area (Å²) in [6.07, 6.45) is 0. The average Bonchev–Trinajstić information content (AvgIpc) is 2.77. The van der Waals surface area contributed by atoms with Crippen molar-refractivity contribution in [3.05, 3.63) is 72.3 Å². The highest BCUT2D eigenvalue weighted by molar-refractivity contribution is 7.89. The number of carbonyl (C=O) groups is 2. The Balaban J connectivity index is 1.59. The minimum absolute atomic E-state index is 0.0833. The zero-order chi connectivity index (χ0) is 22.4. The van der Waals surface area contributed by atoms with Crippen molar-refractivity contribution in [2.75, 3.05) is 20.2 Å². The highest BCUT2D eigenvalue weighted by Crippen LogP contribution is 2.21. The van der Waals surface area contributed by atoms with Gasteiger partial charge in [-0.15, -0.1) is 0 Å². The number of hydrogen-bond donors (Lipinski definition) is 2. The van der Waals surface area contributed by atoms with Crippen molar-refractivity contribution in [3.8, 4) is 5.75 Å². The van der Waals surface area contributed by atoms with Gasteiger partial charge in [0.15, 0.2) is 0 Å². The number of hydrogen-bond acceptors (Lipinski definition) is 5. The number of hydrazine groups is 1. The summed E-state index contributed by atoms with van der Waals surface area (Å²) in [5, 5.41) is 1.70. The summed E-state index contributed by atoms with van der Waals surface area (Å²) in [6, 6.07) is 18.6. The van der Waals surface area contributed by atoms with Crippen molar-refractivity contribution in [1.29, 1.82) is 0 Å². The molecule has 0 aromatic heterocycles. The van der Waals surface area contributed by atoms with Gasteiger partial charge in [-0.3, -0.25) is 20.4 Å². The van der Waals surface area contributed by atoms with Crippen LogP contribution in [0, 0.1) is 0 Å². The van der Waals surface area contributed by atoms with Crippen LogP contribution in [0.2, 0.25) is 0 Å². The van der Waals surface area contributed by atoms with Crippen molar-refractivity contribution >= 4 is 32.6 Å². The number of benzene rings is 3. The van der Waals surface area contributed by atoms with Crippen molar-refractivity contribution in [2.45, 2.75) is 11.8 Å². The first kappa shape index (κ1) is 22.3. The van der Waals surface area contributed by atoms with Crippen molar-refractivity contribution in [3.63, 3.8) is 0 Å². The van der Waals surface area contributed by atoms with Crippen LogP contribution in [-0.2, 0) is 14.8 Å². The molecule has 0 saturated carbocycles. The second kappa shape index (κ2) is 9.59. The standard InChI is InChI=1S/C22H23N3O5S/c1-3-30-19-11-8-17(9-12-19)22(27)24-23-21(26)15-25(2)31(28,29)20-13-10-16-6-4-5-7-18(16)14-20/h4-14H,3,15H2,1-2H3,(H,23,26)(H,24,27). The molecule has 3 aromatic carbocycles. The summed E-state index contributed by atoms with van der Waals surface area (Å²) in [5.74, 6) is -0.578. The molecule has 162 valence electrons. The Morgan fingerprint density at radius 2 is 1.61 bits per heavy atom. The van der Waals surface area contributed by atoms with Gasteiger partial charge in [0.2, 0.25) is 10.0 Å². The molecule has 0 heterocycles. The summed E-state index contributed by atoms with van der Waals surface area (Å²) in [6.45, 7) is 1.91. The molecule has 0 aliphatic rings. The Morgan fingerprint density at radius 3 is 2.29 bits per heavy atom. The first-order chi connectivity index (χ1) is 14.8. The highest BCUT2D eigenvalue weighted by atomic mass is 32.2. The van der Waals surface area contributed by atoms with Crippen LogP contribution < -0.4 is 15.6 Å². The molecule has 3 rings (SSSR count). The van der Waals surface area contributed by atoms with Crippen molar-refractivity contribution < 1.29 is 22.7 Å². The predicted molar refractivity (Wildman–Crippen MR) is 117 cm³/mol. The molecule has 0 bridgehead atoms. The average molecular weight is 442 g/mol. The Bertz CT molecular complexity index is 1190. The molecule has 9 heteroatoms. The zero-order valence-corrected chi connectivity index (χ0v) is 18.0. The third-order valence-electron chi connectivity index (χ3n) is 4.54. The molecular formula is C22H23N3O5S. The van der Waals surface area contributed by atoms with Gasteiger partial charge in [0, 0.05) is 12.6 Å². The largest absolute Gasteiger partial charge is 0.494 e. The summed E-state index contributed by atoms with van der Waals surface area (Å²) >= 11 is 0. The maximum absolute atomic E-state index is 12.8. The number of sulfonamides is 1. The number of nitrogens with zero attached hydrogens (tertiary/aromatic N) is 1. The Hall–Kier alpha value is -3.43. The fourth-order valence-corrected chi connectivity index (χ4v) is 4.07. The zero-order valence-electron chi connectivity index (χ0n) is 17.2. The minimum atomic E-state index is -3.88. The Labute approximate surface area is 180 Å². The normalized spacial score (nSPS) is 11.3. The number of rotatable bonds is 7. The maximum atomic E-state index is 12.8. The SMILES string of the molecule is CCOc1ccc(C(=O)NNC(=O)CN(C)S(=O)(=O)c2ccc3ccccc3c2)cc1. The molecule has 31 heavy (non-hydrogen) atoms. The third kappa shape index (κ3) is 5.39. The summed E-state index contributed by atoms with van der Waals surface area (Å²) in [7, 11) is -2.58. The first-order valence-corrected chi connectivity index (χ1v) is 11.0. The monoisotopic (exact) mass is 441 g/mol. The number of likely N-dealkylation sites (N-methyl/N-ethyl adjacent to an activating group) is 1. The van der Waals surface area contributed by atoms with E-state index in [1.165, 1.54) is 13.1 Å². The van der Waals surface area contributed by atoms with Gasteiger partial charge in [0.05, 0.1) is 18.0 Å².